The van der Waals surface area contributed by atoms with Gasteiger partial charge in [0.05, 0.1) is 6.10 Å². The summed E-state index contributed by atoms with van der Waals surface area (Å²) >= 11 is 0. The predicted molar refractivity (Wildman–Crippen MR) is 57.0 cm³/mol. The minimum absolute atomic E-state index is 0.0136. The summed E-state index contributed by atoms with van der Waals surface area (Å²) in [5.41, 5.74) is 5.42. The van der Waals surface area contributed by atoms with Gasteiger partial charge in [-0.05, 0) is 33.7 Å². The standard InChI is InChI=1S/C10H22N2O2/c1-8(2)14-7-10(13)12(4)9(3)5-6-11/h8-9H,5-7,11H2,1-4H3. The number of carbonyl (C=O) groups is 1. The molecule has 84 valence electrons. The summed E-state index contributed by atoms with van der Waals surface area (Å²) in [6.07, 6.45) is 0.918. The molecule has 0 spiro atoms. The van der Waals surface area contributed by atoms with E-state index in [1.807, 2.05) is 20.8 Å². The van der Waals surface area contributed by atoms with Gasteiger partial charge in [0, 0.05) is 13.1 Å². The highest BCUT2D eigenvalue weighted by Gasteiger charge is 2.15. The Morgan fingerprint density at radius 3 is 2.43 bits per heavy atom. The molecule has 0 aromatic rings. The van der Waals surface area contributed by atoms with Crippen molar-refractivity contribution in [1.82, 2.24) is 4.90 Å². The monoisotopic (exact) mass is 202 g/mol. The molecule has 1 unspecified atom stereocenters. The van der Waals surface area contributed by atoms with E-state index in [2.05, 4.69) is 0 Å². The van der Waals surface area contributed by atoms with Crippen molar-refractivity contribution in [3.05, 3.63) is 0 Å². The van der Waals surface area contributed by atoms with Crippen LogP contribution < -0.4 is 5.73 Å². The van der Waals surface area contributed by atoms with Crippen LogP contribution in [0.15, 0.2) is 0 Å². The summed E-state index contributed by atoms with van der Waals surface area (Å²) in [6.45, 7) is 6.57. The normalized spacial score (nSPS) is 13.0. The number of hydrogen-bond acceptors (Lipinski definition) is 3. The predicted octanol–water partition coefficient (Wildman–Crippen LogP) is 0.607. The molecule has 0 heterocycles. The summed E-state index contributed by atoms with van der Waals surface area (Å²) in [7, 11) is 1.78. The number of nitrogens with two attached hydrogens (primary N) is 1. The van der Waals surface area contributed by atoms with Gasteiger partial charge in [-0.1, -0.05) is 0 Å². The Hall–Kier alpha value is -0.610. The summed E-state index contributed by atoms with van der Waals surface area (Å²) in [5, 5.41) is 0. The van der Waals surface area contributed by atoms with Crippen LogP contribution >= 0.6 is 0 Å². The molecule has 14 heavy (non-hydrogen) atoms. The van der Waals surface area contributed by atoms with E-state index in [0.29, 0.717) is 6.54 Å². The molecule has 0 rings (SSSR count). The summed E-state index contributed by atoms with van der Waals surface area (Å²) < 4.78 is 5.23. The number of likely N-dealkylation sites (N-methyl/N-ethyl adjacent to an activating group) is 1. The number of nitrogens with zero attached hydrogens (tertiary/aromatic N) is 1. The van der Waals surface area contributed by atoms with Gasteiger partial charge in [-0.3, -0.25) is 4.79 Å². The quantitative estimate of drug-likeness (QED) is 0.686. The minimum atomic E-state index is 0.0136. The van der Waals surface area contributed by atoms with E-state index in [4.69, 9.17) is 10.5 Å². The first-order valence-electron chi connectivity index (χ1n) is 5.06. The van der Waals surface area contributed by atoms with Crippen molar-refractivity contribution in [2.75, 3.05) is 20.2 Å². The van der Waals surface area contributed by atoms with Crippen LogP contribution in [-0.4, -0.2) is 43.2 Å². The molecule has 0 aliphatic heterocycles. The molecule has 4 heteroatoms. The van der Waals surface area contributed by atoms with Crippen molar-refractivity contribution < 1.29 is 9.53 Å². The molecule has 0 aliphatic carbocycles. The molecule has 0 aliphatic rings. The second-order valence-electron chi connectivity index (χ2n) is 3.79. The van der Waals surface area contributed by atoms with Crippen molar-refractivity contribution in [2.24, 2.45) is 5.73 Å². The Labute approximate surface area is 86.4 Å². The highest BCUT2D eigenvalue weighted by atomic mass is 16.5. The maximum Gasteiger partial charge on any atom is 0.248 e. The van der Waals surface area contributed by atoms with Gasteiger partial charge in [0.1, 0.15) is 6.61 Å². The molecule has 0 fully saturated rings. The van der Waals surface area contributed by atoms with Gasteiger partial charge in [0.15, 0.2) is 0 Å². The summed E-state index contributed by atoms with van der Waals surface area (Å²) in [6, 6.07) is 0.184. The van der Waals surface area contributed by atoms with Crippen LogP contribution in [0.25, 0.3) is 0 Å². The van der Waals surface area contributed by atoms with E-state index in [1.165, 1.54) is 0 Å². The Morgan fingerprint density at radius 1 is 1.43 bits per heavy atom. The lowest BCUT2D eigenvalue weighted by Gasteiger charge is -2.24. The second kappa shape index (κ2) is 6.79. The average Bonchev–Trinajstić information content (AvgIpc) is 2.13. The van der Waals surface area contributed by atoms with Crippen LogP contribution in [0.1, 0.15) is 27.2 Å². The Morgan fingerprint density at radius 2 is 2.00 bits per heavy atom. The van der Waals surface area contributed by atoms with Gasteiger partial charge < -0.3 is 15.4 Å². The van der Waals surface area contributed by atoms with Gasteiger partial charge in [0.2, 0.25) is 5.91 Å². The zero-order valence-corrected chi connectivity index (χ0v) is 9.62. The molecule has 0 bridgehead atoms. The first-order chi connectivity index (χ1) is 6.49. The Balaban J connectivity index is 3.86. The van der Waals surface area contributed by atoms with E-state index >= 15 is 0 Å². The number of ether oxygens (including phenoxy) is 1. The van der Waals surface area contributed by atoms with Crippen LogP contribution in [0.4, 0.5) is 0 Å². The van der Waals surface area contributed by atoms with Crippen molar-refractivity contribution in [1.29, 1.82) is 0 Å². The lowest BCUT2D eigenvalue weighted by atomic mass is 10.2. The first kappa shape index (κ1) is 13.4. The third-order valence-corrected chi connectivity index (χ3v) is 2.18. The van der Waals surface area contributed by atoms with Crippen LogP contribution in [0, 0.1) is 0 Å². The van der Waals surface area contributed by atoms with Gasteiger partial charge in [-0.25, -0.2) is 0 Å². The fourth-order valence-corrected chi connectivity index (χ4v) is 1.02. The molecule has 0 aromatic heterocycles. The average molecular weight is 202 g/mol. The van der Waals surface area contributed by atoms with Crippen molar-refractivity contribution in [2.45, 2.75) is 39.3 Å². The zero-order valence-electron chi connectivity index (χ0n) is 9.62. The first-order valence-corrected chi connectivity index (χ1v) is 5.06. The molecule has 0 radical (unpaired) electrons. The minimum Gasteiger partial charge on any atom is -0.369 e. The third kappa shape index (κ3) is 5.19. The number of amides is 1. The smallest absolute Gasteiger partial charge is 0.248 e. The lowest BCUT2D eigenvalue weighted by Crippen LogP contribution is -2.39. The highest BCUT2D eigenvalue weighted by molar-refractivity contribution is 5.77. The largest absolute Gasteiger partial charge is 0.369 e. The van der Waals surface area contributed by atoms with E-state index < -0.39 is 0 Å². The zero-order chi connectivity index (χ0) is 11.1. The SMILES string of the molecule is CC(C)OCC(=O)N(C)C(C)CCN. The molecule has 1 atom stereocenters. The Kier molecular flexibility index (Phi) is 6.49. The molecule has 0 saturated carbocycles. The number of carbonyl (C=O) groups excluding carboxylic acids is 1. The summed E-state index contributed by atoms with van der Waals surface area (Å²) in [5.74, 6) is 0.0136. The second-order valence-corrected chi connectivity index (χ2v) is 3.79. The third-order valence-electron chi connectivity index (χ3n) is 2.18. The molecule has 0 aromatic carbocycles. The molecule has 0 saturated heterocycles. The topological polar surface area (TPSA) is 55.6 Å². The molecule has 2 N–H and O–H groups in total. The molecular formula is C10H22N2O2. The van der Waals surface area contributed by atoms with Gasteiger partial charge >= 0.3 is 0 Å². The van der Waals surface area contributed by atoms with Crippen LogP contribution in [-0.2, 0) is 9.53 Å². The van der Waals surface area contributed by atoms with E-state index in [1.54, 1.807) is 11.9 Å². The number of hydrogen-bond donors (Lipinski definition) is 1. The van der Waals surface area contributed by atoms with Crippen molar-refractivity contribution in [3.8, 4) is 0 Å². The van der Waals surface area contributed by atoms with Crippen molar-refractivity contribution >= 4 is 5.91 Å². The van der Waals surface area contributed by atoms with Gasteiger partial charge in [0.25, 0.3) is 0 Å². The molecule has 4 nitrogen and oxygen atoms in total. The van der Waals surface area contributed by atoms with Gasteiger partial charge in [-0.2, -0.15) is 0 Å². The Bertz CT molecular complexity index is 172. The van der Waals surface area contributed by atoms with Crippen LogP contribution in [0.3, 0.4) is 0 Å². The fraction of sp³-hybridized carbons (Fsp3) is 0.900. The molecule has 1 amide bonds. The van der Waals surface area contributed by atoms with E-state index in [0.717, 1.165) is 6.42 Å². The van der Waals surface area contributed by atoms with Crippen LogP contribution in [0.2, 0.25) is 0 Å². The van der Waals surface area contributed by atoms with E-state index in [9.17, 15) is 4.79 Å². The van der Waals surface area contributed by atoms with Crippen LogP contribution in [0.5, 0.6) is 0 Å². The maximum absolute atomic E-state index is 11.5. The lowest BCUT2D eigenvalue weighted by molar-refractivity contribution is -0.138. The number of rotatable bonds is 6. The van der Waals surface area contributed by atoms with E-state index in [-0.39, 0.29) is 24.7 Å². The highest BCUT2D eigenvalue weighted by Crippen LogP contribution is 2.01. The summed E-state index contributed by atoms with van der Waals surface area (Å²) in [4.78, 5) is 13.2. The maximum atomic E-state index is 11.5. The molecular weight excluding hydrogens is 180 g/mol. The fourth-order valence-electron chi connectivity index (χ4n) is 1.02. The van der Waals surface area contributed by atoms with Gasteiger partial charge in [-0.15, -0.1) is 0 Å². The van der Waals surface area contributed by atoms with Crippen molar-refractivity contribution in [3.63, 3.8) is 0 Å².